The van der Waals surface area contributed by atoms with Gasteiger partial charge in [0.1, 0.15) is 4.05 Å². The van der Waals surface area contributed by atoms with Crippen LogP contribution in [-0.4, -0.2) is 43.9 Å². The first-order valence-corrected chi connectivity index (χ1v) is 9.54. The van der Waals surface area contributed by atoms with Gasteiger partial charge in [0.25, 0.3) is 0 Å². The van der Waals surface area contributed by atoms with Crippen LogP contribution in [0.4, 0.5) is 0 Å². The number of hydrogen-bond acceptors (Lipinski definition) is 5. The molecule has 7 heteroatoms. The van der Waals surface area contributed by atoms with Gasteiger partial charge in [-0.25, -0.2) is 0 Å². The zero-order chi connectivity index (χ0) is 17.4. The van der Waals surface area contributed by atoms with E-state index in [1.807, 2.05) is 6.92 Å². The lowest BCUT2D eigenvalue weighted by Crippen LogP contribution is -2.39. The van der Waals surface area contributed by atoms with Crippen molar-refractivity contribution in [1.29, 1.82) is 0 Å². The third kappa shape index (κ3) is 6.93. The molecule has 0 aromatic rings. The van der Waals surface area contributed by atoms with Gasteiger partial charge in [-0.3, -0.25) is 9.79 Å². The molecule has 5 unspecified atom stereocenters. The predicted octanol–water partition coefficient (Wildman–Crippen LogP) is 1.56. The average Bonchev–Trinajstić information content (AvgIpc) is 2.53. The molecule has 1 aliphatic carbocycles. The Morgan fingerprint density at radius 3 is 2.43 bits per heavy atom. The summed E-state index contributed by atoms with van der Waals surface area (Å²) in [6, 6.07) is 0. The summed E-state index contributed by atoms with van der Waals surface area (Å²) in [5, 5.41) is 40.1. The number of carboxylic acids is 1. The molecular weight excluding hydrogens is 413 g/mol. The number of aliphatic carboxylic acids is 1. The number of carbonyl (C=O) groups is 1. The zero-order valence-electron chi connectivity index (χ0n) is 13.5. The third-order valence-corrected chi connectivity index (χ3v) is 5.38. The van der Waals surface area contributed by atoms with Crippen molar-refractivity contribution in [2.24, 2.45) is 22.7 Å². The van der Waals surface area contributed by atoms with Crippen LogP contribution in [0.1, 0.15) is 51.9 Å². The van der Waals surface area contributed by atoms with Gasteiger partial charge in [-0.05, 0) is 43.4 Å². The number of carboxylic acid groups (broad SMARTS) is 1. The molecule has 1 aliphatic rings. The molecule has 0 aromatic carbocycles. The Kier molecular flexibility index (Phi) is 9.38. The van der Waals surface area contributed by atoms with Gasteiger partial charge < -0.3 is 20.4 Å². The number of aliphatic hydroxyl groups excluding tert-OH is 2. The van der Waals surface area contributed by atoms with Crippen molar-refractivity contribution in [3.05, 3.63) is 0 Å². The Hall–Kier alpha value is -0.410. The van der Waals surface area contributed by atoms with Crippen molar-refractivity contribution < 1.29 is 25.2 Å². The number of alkyl halides is 1. The third-order valence-electron chi connectivity index (χ3n) is 4.59. The number of halogens is 1. The first-order chi connectivity index (χ1) is 10.9. The smallest absolute Gasteiger partial charge is 0.307 e. The highest BCUT2D eigenvalue weighted by atomic mass is 127. The second kappa shape index (κ2) is 10.5. The molecule has 0 heterocycles. The van der Waals surface area contributed by atoms with E-state index in [1.165, 1.54) is 0 Å². The Morgan fingerprint density at radius 1 is 1.30 bits per heavy atom. The summed E-state index contributed by atoms with van der Waals surface area (Å²) in [5.41, 5.74) is 0. The first kappa shape index (κ1) is 20.6. The van der Waals surface area contributed by atoms with Crippen molar-refractivity contribution >= 4 is 34.5 Å². The second-order valence-corrected chi connectivity index (χ2v) is 7.76. The highest BCUT2D eigenvalue weighted by Gasteiger charge is 2.31. The molecule has 0 amide bonds. The summed E-state index contributed by atoms with van der Waals surface area (Å²) >= 11 is 2.10. The van der Waals surface area contributed by atoms with E-state index in [9.17, 15) is 20.1 Å². The fourth-order valence-corrected chi connectivity index (χ4v) is 4.17. The molecule has 5 atom stereocenters. The molecule has 0 bridgehead atoms. The van der Waals surface area contributed by atoms with Crippen molar-refractivity contribution in [2.75, 3.05) is 6.61 Å². The summed E-state index contributed by atoms with van der Waals surface area (Å²) in [6.45, 7) is 1.74. The summed E-state index contributed by atoms with van der Waals surface area (Å²) in [7, 11) is 0. The van der Waals surface area contributed by atoms with Gasteiger partial charge in [0.2, 0.25) is 0 Å². The lowest BCUT2D eigenvalue weighted by molar-refractivity contribution is -0.228. The summed E-state index contributed by atoms with van der Waals surface area (Å²) in [4.78, 5) is 15.5. The van der Waals surface area contributed by atoms with E-state index in [0.717, 1.165) is 19.3 Å². The van der Waals surface area contributed by atoms with Gasteiger partial charge in [0, 0.05) is 0 Å². The monoisotopic (exact) mass is 440 g/mol. The van der Waals surface area contributed by atoms with Crippen LogP contribution in [0.25, 0.3) is 0 Å². The molecule has 23 heavy (non-hydrogen) atoms. The van der Waals surface area contributed by atoms with Gasteiger partial charge in [-0.2, -0.15) is 0 Å². The Bertz CT molecular complexity index is 404. The van der Waals surface area contributed by atoms with Gasteiger partial charge in [-0.1, -0.05) is 48.8 Å². The zero-order valence-corrected chi connectivity index (χ0v) is 15.7. The minimum Gasteiger partial charge on any atom is -0.862 e. The quantitative estimate of drug-likeness (QED) is 0.166. The van der Waals surface area contributed by atoms with Crippen molar-refractivity contribution in [2.45, 2.75) is 62.0 Å². The second-order valence-electron chi connectivity index (χ2n) is 6.32. The molecule has 0 spiro atoms. The standard InChI is InChI=1S/C16H28INO5/c1-2-10(7-11(20)9-19)8-14(17)18-15(21)12-5-3-4-6-13(12)16(22)23/h10-14,19-20H,2-9H2,1H3,(H,18,21)(H,22,23)/p-1. The lowest BCUT2D eigenvalue weighted by atomic mass is 9.79. The molecule has 6 nitrogen and oxygen atoms in total. The van der Waals surface area contributed by atoms with Crippen LogP contribution in [0.5, 0.6) is 0 Å². The summed E-state index contributed by atoms with van der Waals surface area (Å²) < 4.78 is -0.229. The summed E-state index contributed by atoms with van der Waals surface area (Å²) in [5.74, 6) is -2.13. The molecule has 3 N–H and O–H groups in total. The highest BCUT2D eigenvalue weighted by molar-refractivity contribution is 14.1. The Labute approximate surface area is 151 Å². The van der Waals surface area contributed by atoms with Gasteiger partial charge in [0.05, 0.1) is 18.6 Å². The van der Waals surface area contributed by atoms with E-state index in [1.54, 1.807) is 0 Å². The van der Waals surface area contributed by atoms with Gasteiger partial charge >= 0.3 is 5.97 Å². The normalized spacial score (nSPS) is 26.5. The number of nitrogens with zero attached hydrogens (tertiary/aromatic N) is 1. The SMILES string of the molecule is CCC(CC(O)CO)CC(I)N=C([O-])C1CCCCC1C(=O)O. The molecule has 0 aromatic heterocycles. The maximum atomic E-state index is 12.3. The maximum Gasteiger partial charge on any atom is 0.307 e. The summed E-state index contributed by atoms with van der Waals surface area (Å²) in [6.07, 6.45) is 4.10. The highest BCUT2D eigenvalue weighted by Crippen LogP contribution is 2.31. The van der Waals surface area contributed by atoms with Crippen LogP contribution in [0, 0.1) is 17.8 Å². The van der Waals surface area contributed by atoms with Crippen LogP contribution in [0.15, 0.2) is 4.99 Å². The molecule has 1 rings (SSSR count). The minimum atomic E-state index is -0.902. The lowest BCUT2D eigenvalue weighted by Gasteiger charge is -2.33. The van der Waals surface area contributed by atoms with Crippen LogP contribution in [-0.2, 0) is 4.79 Å². The molecule has 1 saturated carbocycles. The van der Waals surface area contributed by atoms with E-state index < -0.39 is 23.9 Å². The van der Waals surface area contributed by atoms with Crippen molar-refractivity contribution in [3.8, 4) is 0 Å². The minimum absolute atomic E-state index is 0.178. The van der Waals surface area contributed by atoms with Crippen molar-refractivity contribution in [3.63, 3.8) is 0 Å². The number of aliphatic hydroxyl groups is 2. The van der Waals surface area contributed by atoms with Gasteiger partial charge in [0.15, 0.2) is 0 Å². The Balaban J connectivity index is 2.65. The molecule has 0 saturated heterocycles. The van der Waals surface area contributed by atoms with E-state index in [-0.39, 0.29) is 22.5 Å². The van der Waals surface area contributed by atoms with Crippen LogP contribution < -0.4 is 5.11 Å². The number of rotatable bonds is 9. The molecule has 1 fully saturated rings. The topological polar surface area (TPSA) is 113 Å². The largest absolute Gasteiger partial charge is 0.862 e. The van der Waals surface area contributed by atoms with E-state index >= 15 is 0 Å². The number of aliphatic imine (C=N–C) groups is 1. The predicted molar refractivity (Wildman–Crippen MR) is 94.4 cm³/mol. The Morgan fingerprint density at radius 2 is 1.91 bits per heavy atom. The molecule has 134 valence electrons. The van der Waals surface area contributed by atoms with E-state index in [4.69, 9.17) is 5.11 Å². The fraction of sp³-hybridized carbons (Fsp3) is 0.875. The molecule has 0 aliphatic heterocycles. The van der Waals surface area contributed by atoms with Crippen LogP contribution >= 0.6 is 22.6 Å². The maximum absolute atomic E-state index is 12.3. The first-order valence-electron chi connectivity index (χ1n) is 8.29. The van der Waals surface area contributed by atoms with Crippen LogP contribution in [0.3, 0.4) is 0 Å². The van der Waals surface area contributed by atoms with E-state index in [2.05, 4.69) is 27.6 Å². The number of hydrogen-bond donors (Lipinski definition) is 3. The van der Waals surface area contributed by atoms with Crippen molar-refractivity contribution in [1.82, 2.24) is 0 Å². The fourth-order valence-electron chi connectivity index (χ4n) is 3.17. The van der Waals surface area contributed by atoms with E-state index in [0.29, 0.717) is 25.7 Å². The van der Waals surface area contributed by atoms with Crippen LogP contribution in [0.2, 0.25) is 0 Å². The average molecular weight is 440 g/mol. The van der Waals surface area contributed by atoms with Gasteiger partial charge in [-0.15, -0.1) is 0 Å². The molecule has 0 radical (unpaired) electrons. The molecular formula is C16H27INO5-.